The number of methoxy groups -OCH3 is 2. The van der Waals surface area contributed by atoms with Gasteiger partial charge in [0.25, 0.3) is 0 Å². The van der Waals surface area contributed by atoms with Crippen LogP contribution in [0.5, 0.6) is 23.5 Å². The first-order valence-electron chi connectivity index (χ1n) is 9.75. The van der Waals surface area contributed by atoms with E-state index in [9.17, 15) is 9.36 Å². The Hall–Kier alpha value is -3.17. The number of esters is 1. The number of benzene rings is 2. The molecule has 12 heteroatoms. The Labute approximate surface area is 201 Å². The minimum atomic E-state index is -3.89. The van der Waals surface area contributed by atoms with Gasteiger partial charge in [0.2, 0.25) is 17.6 Å². The average molecular weight is 509 g/mol. The van der Waals surface area contributed by atoms with Gasteiger partial charge in [-0.25, -0.2) is 4.79 Å². The van der Waals surface area contributed by atoms with E-state index in [-0.39, 0.29) is 29.1 Å². The van der Waals surface area contributed by atoms with E-state index in [2.05, 4.69) is 9.97 Å². The molecule has 0 bridgehead atoms. The Balaban J connectivity index is 1.95. The van der Waals surface area contributed by atoms with E-state index in [0.717, 1.165) is 0 Å². The Kier molecular flexibility index (Phi) is 8.46. The fraction of sp³-hybridized carbons (Fsp3) is 0.227. The molecular formula is C22H22ClN2O8P. The van der Waals surface area contributed by atoms with Gasteiger partial charge in [-0.15, -0.1) is 0 Å². The number of hydrogen-bond acceptors (Lipinski definition) is 10. The number of rotatable bonds is 10. The van der Waals surface area contributed by atoms with Crippen LogP contribution < -0.4 is 14.2 Å². The van der Waals surface area contributed by atoms with E-state index in [1.165, 1.54) is 46.6 Å². The van der Waals surface area contributed by atoms with Crippen LogP contribution in [-0.2, 0) is 18.3 Å². The van der Waals surface area contributed by atoms with Crippen LogP contribution in [0.3, 0.4) is 0 Å². The second kappa shape index (κ2) is 11.3. The zero-order valence-electron chi connectivity index (χ0n) is 18.8. The first kappa shape index (κ1) is 25.5. The van der Waals surface area contributed by atoms with Crippen molar-refractivity contribution >= 4 is 25.2 Å². The van der Waals surface area contributed by atoms with Crippen LogP contribution in [0.4, 0.5) is 0 Å². The molecule has 1 atom stereocenters. The van der Waals surface area contributed by atoms with Crippen molar-refractivity contribution in [2.24, 2.45) is 0 Å². The monoisotopic (exact) mass is 508 g/mol. The maximum absolute atomic E-state index is 13.2. The van der Waals surface area contributed by atoms with Gasteiger partial charge in [-0.05, 0) is 24.3 Å². The predicted octanol–water partition coefficient (Wildman–Crippen LogP) is 5.28. The van der Waals surface area contributed by atoms with Crippen molar-refractivity contribution in [1.29, 1.82) is 0 Å². The third-order valence-corrected chi connectivity index (χ3v) is 6.80. The summed E-state index contributed by atoms with van der Waals surface area (Å²) in [7, 11) is 1.37. The highest BCUT2D eigenvalue weighted by Crippen LogP contribution is 2.60. The van der Waals surface area contributed by atoms with Gasteiger partial charge in [0.1, 0.15) is 11.3 Å². The number of aromatic nitrogens is 2. The summed E-state index contributed by atoms with van der Waals surface area (Å²) in [6.45, 7) is 0. The lowest BCUT2D eigenvalue weighted by atomic mass is 10.2. The fourth-order valence-electron chi connectivity index (χ4n) is 2.83. The van der Waals surface area contributed by atoms with Gasteiger partial charge >= 0.3 is 19.6 Å². The summed E-state index contributed by atoms with van der Waals surface area (Å²) in [5.74, 6) is -1.73. The van der Waals surface area contributed by atoms with Crippen molar-refractivity contribution in [3.63, 3.8) is 0 Å². The molecule has 0 fully saturated rings. The Morgan fingerprint density at radius 3 is 2.06 bits per heavy atom. The molecule has 10 nitrogen and oxygen atoms in total. The molecule has 0 aliphatic heterocycles. The molecule has 0 saturated carbocycles. The Morgan fingerprint density at radius 2 is 1.50 bits per heavy atom. The highest BCUT2D eigenvalue weighted by Gasteiger charge is 2.39. The lowest BCUT2D eigenvalue weighted by Gasteiger charge is -2.25. The van der Waals surface area contributed by atoms with Crippen LogP contribution in [0.2, 0.25) is 5.02 Å². The molecule has 1 unspecified atom stereocenters. The molecule has 0 spiro atoms. The van der Waals surface area contributed by atoms with Gasteiger partial charge in [0.05, 0.1) is 20.3 Å². The predicted molar refractivity (Wildman–Crippen MR) is 123 cm³/mol. The average Bonchev–Trinajstić information content (AvgIpc) is 2.87. The third-order valence-electron chi connectivity index (χ3n) is 4.56. The molecule has 0 aliphatic rings. The number of hydrogen-bond donors (Lipinski definition) is 0. The molecule has 2 aromatic carbocycles. The van der Waals surface area contributed by atoms with Crippen LogP contribution in [0, 0.1) is 0 Å². The zero-order valence-corrected chi connectivity index (χ0v) is 20.4. The lowest BCUT2D eigenvalue weighted by molar-refractivity contribution is 0.0378. The summed E-state index contributed by atoms with van der Waals surface area (Å²) in [4.78, 5) is 21.4. The number of carbonyl (C=O) groups excluding carboxylic acids is 1. The van der Waals surface area contributed by atoms with E-state index in [1.807, 2.05) is 0 Å². The van der Waals surface area contributed by atoms with Gasteiger partial charge < -0.3 is 28.0 Å². The van der Waals surface area contributed by atoms with Crippen molar-refractivity contribution in [2.45, 2.75) is 5.85 Å². The number of para-hydroxylation sites is 1. The van der Waals surface area contributed by atoms with E-state index >= 15 is 0 Å². The standard InChI is InChI=1S/C22H22ClN2O8P/c1-28-18-13-19(29-2)25-22(24-18)32-17-8-6-5-7-16(17)20(26)33-21(34(27,30-3)31-4)14-9-11-15(23)12-10-14/h5-13,21H,1-4H3. The third kappa shape index (κ3) is 5.84. The molecule has 0 aliphatic carbocycles. The van der Waals surface area contributed by atoms with Gasteiger partial charge in [-0.1, -0.05) is 35.9 Å². The highest BCUT2D eigenvalue weighted by atomic mass is 35.5. The second-order valence-electron chi connectivity index (χ2n) is 6.55. The highest BCUT2D eigenvalue weighted by molar-refractivity contribution is 7.54. The summed E-state index contributed by atoms with van der Waals surface area (Å²) in [6, 6.07) is 13.9. The topological polar surface area (TPSA) is 115 Å². The second-order valence-corrected chi connectivity index (χ2v) is 9.26. The molecule has 0 amide bonds. The maximum Gasteiger partial charge on any atom is 0.375 e. The zero-order chi connectivity index (χ0) is 24.7. The van der Waals surface area contributed by atoms with Gasteiger partial charge in [-0.3, -0.25) is 4.57 Å². The molecule has 0 N–H and O–H groups in total. The van der Waals surface area contributed by atoms with Crippen molar-refractivity contribution in [2.75, 3.05) is 28.4 Å². The molecule has 1 aromatic heterocycles. The molecule has 180 valence electrons. The van der Waals surface area contributed by atoms with Gasteiger partial charge in [0.15, 0.2) is 0 Å². The summed E-state index contributed by atoms with van der Waals surface area (Å²) in [6.07, 6.45) is 0. The molecule has 1 heterocycles. The smallest absolute Gasteiger partial charge is 0.375 e. The first-order valence-corrected chi connectivity index (χ1v) is 11.7. The molecule has 0 radical (unpaired) electrons. The minimum absolute atomic E-state index is 0.0191. The first-order chi connectivity index (χ1) is 16.3. The van der Waals surface area contributed by atoms with Crippen molar-refractivity contribution in [3.05, 3.63) is 70.7 Å². The largest absolute Gasteiger partial charge is 0.481 e. The van der Waals surface area contributed by atoms with E-state index in [0.29, 0.717) is 10.6 Å². The maximum atomic E-state index is 13.2. The normalized spacial score (nSPS) is 12.0. The summed E-state index contributed by atoms with van der Waals surface area (Å²) < 4.78 is 44.9. The Bertz CT molecular complexity index is 1160. The van der Waals surface area contributed by atoms with Crippen LogP contribution >= 0.6 is 19.2 Å². The molecule has 34 heavy (non-hydrogen) atoms. The molecular weight excluding hydrogens is 487 g/mol. The summed E-state index contributed by atoms with van der Waals surface area (Å²) in [5, 5.41) is 0.450. The van der Waals surface area contributed by atoms with Crippen LogP contribution in [0.1, 0.15) is 21.8 Å². The minimum Gasteiger partial charge on any atom is -0.481 e. The van der Waals surface area contributed by atoms with Crippen molar-refractivity contribution < 1.29 is 37.4 Å². The lowest BCUT2D eigenvalue weighted by Crippen LogP contribution is -2.15. The molecule has 0 saturated heterocycles. The van der Waals surface area contributed by atoms with E-state index in [1.54, 1.807) is 36.4 Å². The van der Waals surface area contributed by atoms with Crippen molar-refractivity contribution in [1.82, 2.24) is 9.97 Å². The van der Waals surface area contributed by atoms with Crippen LogP contribution in [0.15, 0.2) is 54.6 Å². The van der Waals surface area contributed by atoms with Crippen LogP contribution in [-0.4, -0.2) is 44.4 Å². The van der Waals surface area contributed by atoms with Crippen LogP contribution in [0.25, 0.3) is 0 Å². The number of halogens is 1. The summed E-state index contributed by atoms with van der Waals surface area (Å²) >= 11 is 5.96. The van der Waals surface area contributed by atoms with E-state index in [4.69, 9.17) is 39.6 Å². The summed E-state index contributed by atoms with van der Waals surface area (Å²) in [5.41, 5.74) is 0.384. The van der Waals surface area contributed by atoms with Gasteiger partial charge in [0, 0.05) is 24.8 Å². The number of nitrogens with zero attached hydrogens (tertiary/aromatic N) is 2. The SMILES string of the molecule is COc1cc(OC)nc(Oc2ccccc2C(=O)OC(c2ccc(Cl)cc2)P(=O)(OC)OC)n1. The van der Waals surface area contributed by atoms with Crippen molar-refractivity contribution in [3.8, 4) is 23.5 Å². The fourth-order valence-corrected chi connectivity index (χ4v) is 4.25. The quantitative estimate of drug-likeness (QED) is 0.264. The molecule has 3 rings (SSSR count). The Morgan fingerprint density at radius 1 is 0.912 bits per heavy atom. The van der Waals surface area contributed by atoms with Gasteiger partial charge in [-0.2, -0.15) is 9.97 Å². The van der Waals surface area contributed by atoms with E-state index < -0.39 is 19.4 Å². The number of carbonyl (C=O) groups is 1. The number of ether oxygens (including phenoxy) is 4. The molecule has 3 aromatic rings.